The molecule has 3 rings (SSSR count). The summed E-state index contributed by atoms with van der Waals surface area (Å²) < 4.78 is 41.1. The fraction of sp³-hybridized carbons (Fsp3) is 0.333. The van der Waals surface area contributed by atoms with Gasteiger partial charge in [0.15, 0.2) is 0 Å². The number of amides is 1. The number of alkyl halides is 3. The van der Waals surface area contributed by atoms with Crippen molar-refractivity contribution in [2.45, 2.75) is 25.2 Å². The molecule has 0 aliphatic heterocycles. The van der Waals surface area contributed by atoms with Crippen LogP contribution in [0.4, 0.5) is 13.2 Å². The molecule has 2 N–H and O–H groups in total. The number of nitrogens with one attached hydrogen (secondary N) is 2. The quantitative estimate of drug-likeness (QED) is 0.501. The van der Waals surface area contributed by atoms with Crippen LogP contribution in [0.15, 0.2) is 48.5 Å². The van der Waals surface area contributed by atoms with Crippen LogP contribution in [0.25, 0.3) is 11.0 Å². The van der Waals surface area contributed by atoms with E-state index in [1.807, 2.05) is 30.5 Å². The summed E-state index contributed by atoms with van der Waals surface area (Å²) >= 11 is 1.68. The van der Waals surface area contributed by atoms with Crippen LogP contribution < -0.4 is 5.32 Å². The van der Waals surface area contributed by atoms with Crippen molar-refractivity contribution >= 4 is 28.7 Å². The van der Waals surface area contributed by atoms with Gasteiger partial charge in [0.25, 0.3) is 5.91 Å². The number of halogens is 3. The molecule has 5 nitrogen and oxygen atoms in total. The number of H-pyrrole nitrogens is 1. The van der Waals surface area contributed by atoms with Crippen molar-refractivity contribution in [2.75, 3.05) is 18.6 Å². The summed E-state index contributed by atoms with van der Waals surface area (Å²) in [6.45, 7) is -1.47. The largest absolute Gasteiger partial charge is 0.411 e. The first-order valence-electron chi connectivity index (χ1n) is 9.33. The highest BCUT2D eigenvalue weighted by Crippen LogP contribution is 2.21. The number of ether oxygens (including phenoxy) is 1. The number of rotatable bonds is 9. The number of hydrogen-bond donors (Lipinski definition) is 2. The molecule has 0 aliphatic carbocycles. The first kappa shape index (κ1) is 22.2. The lowest BCUT2D eigenvalue weighted by Gasteiger charge is -2.16. The van der Waals surface area contributed by atoms with Gasteiger partial charge in [-0.15, -0.1) is 0 Å². The van der Waals surface area contributed by atoms with Crippen LogP contribution in [0.5, 0.6) is 0 Å². The maximum Gasteiger partial charge on any atom is 0.411 e. The van der Waals surface area contributed by atoms with E-state index in [0.717, 1.165) is 16.8 Å². The van der Waals surface area contributed by atoms with Crippen molar-refractivity contribution in [3.8, 4) is 0 Å². The first-order valence-corrected chi connectivity index (χ1v) is 10.7. The van der Waals surface area contributed by atoms with Crippen molar-refractivity contribution < 1.29 is 22.7 Å². The average molecular weight is 437 g/mol. The van der Waals surface area contributed by atoms with Gasteiger partial charge in [0.1, 0.15) is 12.4 Å². The highest BCUT2D eigenvalue weighted by molar-refractivity contribution is 7.98. The molecule has 2 aromatic carbocycles. The lowest BCUT2D eigenvalue weighted by molar-refractivity contribution is -0.176. The normalized spacial score (nSPS) is 12.8. The van der Waals surface area contributed by atoms with E-state index in [9.17, 15) is 18.0 Å². The molecule has 0 saturated heterocycles. The van der Waals surface area contributed by atoms with E-state index in [1.54, 1.807) is 36.0 Å². The van der Waals surface area contributed by atoms with E-state index >= 15 is 0 Å². The zero-order valence-corrected chi connectivity index (χ0v) is 17.1. The van der Waals surface area contributed by atoms with Crippen molar-refractivity contribution in [1.82, 2.24) is 15.3 Å². The predicted molar refractivity (Wildman–Crippen MR) is 111 cm³/mol. The molecule has 160 valence electrons. The van der Waals surface area contributed by atoms with E-state index in [0.29, 0.717) is 23.4 Å². The van der Waals surface area contributed by atoms with Gasteiger partial charge in [0, 0.05) is 5.56 Å². The zero-order valence-electron chi connectivity index (χ0n) is 16.3. The second-order valence-corrected chi connectivity index (χ2v) is 7.74. The van der Waals surface area contributed by atoms with Gasteiger partial charge in [0.05, 0.1) is 23.7 Å². The summed E-state index contributed by atoms with van der Waals surface area (Å²) in [7, 11) is 0. The van der Waals surface area contributed by atoms with Crippen LogP contribution in [0.1, 0.15) is 34.2 Å². The lowest BCUT2D eigenvalue weighted by atomic mass is 10.1. The topological polar surface area (TPSA) is 67.0 Å². The number of aromatic nitrogens is 2. The van der Waals surface area contributed by atoms with Gasteiger partial charge in [0.2, 0.25) is 0 Å². The van der Waals surface area contributed by atoms with Crippen molar-refractivity contribution in [2.24, 2.45) is 0 Å². The Morgan fingerprint density at radius 1 is 1.20 bits per heavy atom. The van der Waals surface area contributed by atoms with Gasteiger partial charge < -0.3 is 15.0 Å². The number of nitrogens with zero attached hydrogens (tertiary/aromatic N) is 1. The average Bonchev–Trinajstić information content (AvgIpc) is 3.14. The first-order chi connectivity index (χ1) is 14.4. The van der Waals surface area contributed by atoms with Gasteiger partial charge in [-0.05, 0) is 48.3 Å². The third-order valence-corrected chi connectivity index (χ3v) is 5.05. The van der Waals surface area contributed by atoms with Crippen molar-refractivity contribution in [3.63, 3.8) is 0 Å². The number of imidazole rings is 1. The number of hydrogen-bond acceptors (Lipinski definition) is 4. The summed E-state index contributed by atoms with van der Waals surface area (Å²) in [5, 5.41) is 3.00. The van der Waals surface area contributed by atoms with Crippen LogP contribution >= 0.6 is 11.8 Å². The van der Waals surface area contributed by atoms with E-state index < -0.39 is 12.8 Å². The second-order valence-electron chi connectivity index (χ2n) is 6.75. The second kappa shape index (κ2) is 9.99. The Bertz CT molecular complexity index is 941. The fourth-order valence-electron chi connectivity index (χ4n) is 2.93. The van der Waals surface area contributed by atoms with Gasteiger partial charge in [-0.25, -0.2) is 4.98 Å². The summed E-state index contributed by atoms with van der Waals surface area (Å²) in [5.74, 6) is 1.26. The minimum atomic E-state index is -4.36. The Morgan fingerprint density at radius 2 is 1.93 bits per heavy atom. The summed E-state index contributed by atoms with van der Waals surface area (Å²) in [5.41, 5.74) is 2.71. The highest BCUT2D eigenvalue weighted by Gasteiger charge is 2.27. The molecule has 1 heterocycles. The number of benzene rings is 2. The molecule has 0 bridgehead atoms. The monoisotopic (exact) mass is 437 g/mol. The maximum atomic E-state index is 12.7. The predicted octanol–water partition coefficient (Wildman–Crippen LogP) is 4.87. The third-order valence-electron chi connectivity index (χ3n) is 4.40. The Hall–Kier alpha value is -2.52. The van der Waals surface area contributed by atoms with Crippen LogP contribution in [-0.4, -0.2) is 40.7 Å². The summed E-state index contributed by atoms with van der Waals surface area (Å²) in [6.07, 6.45) is -1.66. The van der Waals surface area contributed by atoms with Gasteiger partial charge in [-0.3, -0.25) is 4.79 Å². The standard InChI is InChI=1S/C21H22F3N3O2S/c1-30-11-10-18(19-25-16-4-2-3-5-17(16)26-19)27-20(28)15-8-6-14(7-9-15)12-29-13-21(22,23)24/h2-9,18H,10-13H2,1H3,(H,25,26)(H,27,28). The summed E-state index contributed by atoms with van der Waals surface area (Å²) in [4.78, 5) is 20.6. The zero-order chi connectivity index (χ0) is 21.6. The van der Waals surface area contributed by atoms with Crippen molar-refractivity contribution in [3.05, 3.63) is 65.5 Å². The summed E-state index contributed by atoms with van der Waals surface area (Å²) in [6, 6.07) is 13.7. The molecule has 3 aromatic rings. The minimum absolute atomic E-state index is 0.170. The highest BCUT2D eigenvalue weighted by atomic mass is 32.2. The molecule has 1 aromatic heterocycles. The number of fused-ring (bicyclic) bond motifs is 1. The third kappa shape index (κ3) is 6.24. The minimum Gasteiger partial charge on any atom is -0.367 e. The molecule has 1 atom stereocenters. The molecule has 0 radical (unpaired) electrons. The molecular weight excluding hydrogens is 415 g/mol. The Labute approximate surface area is 176 Å². The Kier molecular flexibility index (Phi) is 7.38. The van der Waals surface area contributed by atoms with Gasteiger partial charge >= 0.3 is 6.18 Å². The smallest absolute Gasteiger partial charge is 0.367 e. The van der Waals surface area contributed by atoms with Crippen molar-refractivity contribution in [1.29, 1.82) is 0 Å². The molecule has 30 heavy (non-hydrogen) atoms. The number of carbonyl (C=O) groups excluding carboxylic acids is 1. The molecular formula is C21H22F3N3O2S. The number of para-hydroxylation sites is 2. The fourth-order valence-corrected chi connectivity index (χ4v) is 3.40. The van der Waals surface area contributed by atoms with Crippen LogP contribution in [0.2, 0.25) is 0 Å². The molecule has 1 amide bonds. The van der Waals surface area contributed by atoms with E-state index in [4.69, 9.17) is 0 Å². The molecule has 1 unspecified atom stereocenters. The molecule has 0 spiro atoms. The lowest BCUT2D eigenvalue weighted by Crippen LogP contribution is -2.29. The molecule has 9 heteroatoms. The maximum absolute atomic E-state index is 12.7. The number of thioether (sulfide) groups is 1. The number of carbonyl (C=O) groups is 1. The molecule has 0 aliphatic rings. The van der Waals surface area contributed by atoms with Crippen LogP contribution in [0.3, 0.4) is 0 Å². The van der Waals surface area contributed by atoms with Crippen LogP contribution in [-0.2, 0) is 11.3 Å². The SMILES string of the molecule is CSCCC(NC(=O)c1ccc(COCC(F)(F)F)cc1)c1nc2ccccc2[nH]1. The van der Waals surface area contributed by atoms with E-state index in [2.05, 4.69) is 20.0 Å². The Balaban J connectivity index is 1.66. The van der Waals surface area contributed by atoms with Gasteiger partial charge in [-0.1, -0.05) is 24.3 Å². The Morgan fingerprint density at radius 3 is 2.60 bits per heavy atom. The van der Waals surface area contributed by atoms with E-state index in [1.165, 1.54) is 0 Å². The van der Waals surface area contributed by atoms with Gasteiger partial charge in [-0.2, -0.15) is 24.9 Å². The number of aromatic amines is 1. The van der Waals surface area contributed by atoms with Crippen LogP contribution in [0, 0.1) is 0 Å². The molecule has 0 saturated carbocycles. The van der Waals surface area contributed by atoms with E-state index in [-0.39, 0.29) is 18.6 Å². The molecule has 0 fully saturated rings.